The van der Waals surface area contributed by atoms with Crippen LogP contribution in [0.25, 0.3) is 0 Å². The molecule has 0 aromatic heterocycles. The molecule has 0 amide bonds. The molecular formula is C12H24N2O3S. The van der Waals surface area contributed by atoms with Crippen LogP contribution >= 0.6 is 0 Å². The van der Waals surface area contributed by atoms with E-state index < -0.39 is 10.2 Å². The molecule has 1 aliphatic heterocycles. The van der Waals surface area contributed by atoms with Gasteiger partial charge in [0, 0.05) is 25.7 Å². The van der Waals surface area contributed by atoms with E-state index in [1.54, 1.807) is 4.31 Å². The van der Waals surface area contributed by atoms with Gasteiger partial charge in [-0.05, 0) is 38.0 Å². The summed E-state index contributed by atoms with van der Waals surface area (Å²) in [4.78, 5) is 0. The predicted molar refractivity (Wildman–Crippen MR) is 70.3 cm³/mol. The third kappa shape index (κ3) is 3.04. The second kappa shape index (κ2) is 5.86. The van der Waals surface area contributed by atoms with Crippen LogP contribution in [0, 0.1) is 5.92 Å². The maximum Gasteiger partial charge on any atom is 0.282 e. The average Bonchev–Trinajstić information content (AvgIpc) is 3.02. The van der Waals surface area contributed by atoms with Crippen molar-refractivity contribution in [1.82, 2.24) is 8.61 Å². The summed E-state index contributed by atoms with van der Waals surface area (Å²) in [6, 6.07) is -0.214. The molecule has 0 bridgehead atoms. The minimum atomic E-state index is -3.37. The summed E-state index contributed by atoms with van der Waals surface area (Å²) in [7, 11) is -3.37. The third-order valence-corrected chi connectivity index (χ3v) is 5.85. The molecule has 1 saturated carbocycles. The summed E-state index contributed by atoms with van der Waals surface area (Å²) in [5.41, 5.74) is 0. The van der Waals surface area contributed by atoms with E-state index >= 15 is 0 Å². The first-order valence-electron chi connectivity index (χ1n) is 6.97. The van der Waals surface area contributed by atoms with E-state index in [4.69, 9.17) is 0 Å². The summed E-state index contributed by atoms with van der Waals surface area (Å²) >= 11 is 0. The number of rotatable bonds is 7. The van der Waals surface area contributed by atoms with Gasteiger partial charge in [0.1, 0.15) is 0 Å². The highest BCUT2D eigenvalue weighted by molar-refractivity contribution is 7.86. The highest BCUT2D eigenvalue weighted by atomic mass is 32.2. The molecule has 6 heteroatoms. The SMILES string of the molecule is CCCN(CC1CC1)S(=O)(=O)N1CCCC1CO. The monoisotopic (exact) mass is 276 g/mol. The van der Waals surface area contributed by atoms with E-state index in [-0.39, 0.29) is 12.6 Å². The van der Waals surface area contributed by atoms with Gasteiger partial charge in [-0.1, -0.05) is 6.92 Å². The molecule has 2 rings (SSSR count). The summed E-state index contributed by atoms with van der Waals surface area (Å²) < 4.78 is 28.3. The number of aliphatic hydroxyl groups is 1. The van der Waals surface area contributed by atoms with Crippen molar-refractivity contribution in [3.05, 3.63) is 0 Å². The Hall–Kier alpha value is -0.170. The lowest BCUT2D eigenvalue weighted by atomic mass is 10.2. The van der Waals surface area contributed by atoms with Crippen LogP contribution < -0.4 is 0 Å². The van der Waals surface area contributed by atoms with Crippen molar-refractivity contribution in [3.63, 3.8) is 0 Å². The Morgan fingerprint density at radius 3 is 2.61 bits per heavy atom. The van der Waals surface area contributed by atoms with Gasteiger partial charge in [-0.15, -0.1) is 0 Å². The van der Waals surface area contributed by atoms with Crippen LogP contribution in [0.1, 0.15) is 39.0 Å². The molecule has 5 nitrogen and oxygen atoms in total. The van der Waals surface area contributed by atoms with Crippen molar-refractivity contribution in [2.24, 2.45) is 5.92 Å². The minimum Gasteiger partial charge on any atom is -0.395 e. The van der Waals surface area contributed by atoms with Gasteiger partial charge in [-0.25, -0.2) is 0 Å². The van der Waals surface area contributed by atoms with Gasteiger partial charge in [0.2, 0.25) is 0 Å². The molecule has 2 aliphatic rings. The lowest BCUT2D eigenvalue weighted by molar-refractivity contribution is 0.205. The van der Waals surface area contributed by atoms with E-state index in [1.165, 1.54) is 4.31 Å². The first kappa shape index (κ1) is 14.2. The van der Waals surface area contributed by atoms with Crippen LogP contribution in [-0.2, 0) is 10.2 Å². The fourth-order valence-electron chi connectivity index (χ4n) is 2.58. The van der Waals surface area contributed by atoms with Crippen LogP contribution in [0.4, 0.5) is 0 Å². The lowest BCUT2D eigenvalue weighted by Crippen LogP contribution is -2.48. The smallest absolute Gasteiger partial charge is 0.282 e. The lowest BCUT2D eigenvalue weighted by Gasteiger charge is -2.30. The van der Waals surface area contributed by atoms with E-state index in [0.717, 1.165) is 32.1 Å². The molecule has 0 aromatic rings. The zero-order valence-corrected chi connectivity index (χ0v) is 11.9. The van der Waals surface area contributed by atoms with E-state index in [9.17, 15) is 13.5 Å². The quantitative estimate of drug-likeness (QED) is 0.748. The van der Waals surface area contributed by atoms with Crippen molar-refractivity contribution in [1.29, 1.82) is 0 Å². The Bertz CT molecular complexity index is 368. The van der Waals surface area contributed by atoms with Gasteiger partial charge >= 0.3 is 0 Å². The Morgan fingerprint density at radius 2 is 2.06 bits per heavy atom. The molecule has 18 heavy (non-hydrogen) atoms. The van der Waals surface area contributed by atoms with Gasteiger partial charge in [0.15, 0.2) is 0 Å². The number of hydrogen-bond donors (Lipinski definition) is 1. The molecule has 0 aromatic carbocycles. The summed E-state index contributed by atoms with van der Waals surface area (Å²) in [6.07, 6.45) is 4.77. The fourth-order valence-corrected chi connectivity index (χ4v) is 4.60. The van der Waals surface area contributed by atoms with E-state index in [0.29, 0.717) is 25.6 Å². The normalized spacial score (nSPS) is 26.1. The van der Waals surface area contributed by atoms with Gasteiger partial charge in [-0.2, -0.15) is 17.0 Å². The average molecular weight is 276 g/mol. The second-order valence-electron chi connectivity index (χ2n) is 5.40. The molecule has 1 saturated heterocycles. The standard InChI is InChI=1S/C12H24N2O3S/c1-2-7-13(9-11-5-6-11)18(16,17)14-8-3-4-12(14)10-15/h11-12,15H,2-10H2,1H3. The van der Waals surface area contributed by atoms with Gasteiger partial charge in [0.05, 0.1) is 6.61 Å². The first-order chi connectivity index (χ1) is 8.59. The highest BCUT2D eigenvalue weighted by Gasteiger charge is 2.39. The molecule has 0 radical (unpaired) electrons. The molecule has 1 heterocycles. The van der Waals surface area contributed by atoms with Crippen molar-refractivity contribution >= 4 is 10.2 Å². The van der Waals surface area contributed by atoms with Crippen LogP contribution in [-0.4, -0.2) is 54.4 Å². The third-order valence-electron chi connectivity index (χ3n) is 3.79. The van der Waals surface area contributed by atoms with Crippen molar-refractivity contribution < 1.29 is 13.5 Å². The number of hydrogen-bond acceptors (Lipinski definition) is 3. The van der Waals surface area contributed by atoms with Crippen LogP contribution in [0.2, 0.25) is 0 Å². The molecule has 1 aliphatic carbocycles. The van der Waals surface area contributed by atoms with Gasteiger partial charge < -0.3 is 5.11 Å². The second-order valence-corrected chi connectivity index (χ2v) is 7.28. The Morgan fingerprint density at radius 1 is 1.33 bits per heavy atom. The largest absolute Gasteiger partial charge is 0.395 e. The van der Waals surface area contributed by atoms with Crippen LogP contribution in [0.5, 0.6) is 0 Å². The summed E-state index contributed by atoms with van der Waals surface area (Å²) in [5.74, 6) is 0.557. The zero-order valence-electron chi connectivity index (χ0n) is 11.1. The summed E-state index contributed by atoms with van der Waals surface area (Å²) in [5, 5.41) is 9.28. The van der Waals surface area contributed by atoms with E-state index in [1.807, 2.05) is 6.92 Å². The maximum atomic E-state index is 12.6. The van der Waals surface area contributed by atoms with Crippen LogP contribution in [0.3, 0.4) is 0 Å². The molecule has 1 unspecified atom stereocenters. The number of aliphatic hydroxyl groups excluding tert-OH is 1. The summed E-state index contributed by atoms with van der Waals surface area (Å²) in [6.45, 7) is 3.74. The Balaban J connectivity index is 2.09. The Labute approximate surface area is 110 Å². The topological polar surface area (TPSA) is 60.9 Å². The van der Waals surface area contributed by atoms with Gasteiger partial charge in [-0.3, -0.25) is 0 Å². The first-order valence-corrected chi connectivity index (χ1v) is 8.37. The maximum absolute atomic E-state index is 12.6. The minimum absolute atomic E-state index is 0.0668. The molecule has 1 N–H and O–H groups in total. The van der Waals surface area contributed by atoms with Crippen molar-refractivity contribution in [3.8, 4) is 0 Å². The van der Waals surface area contributed by atoms with E-state index in [2.05, 4.69) is 0 Å². The van der Waals surface area contributed by atoms with Crippen LogP contribution in [0.15, 0.2) is 0 Å². The molecule has 2 fully saturated rings. The van der Waals surface area contributed by atoms with Crippen molar-refractivity contribution in [2.75, 3.05) is 26.2 Å². The van der Waals surface area contributed by atoms with Gasteiger partial charge in [0.25, 0.3) is 10.2 Å². The predicted octanol–water partition coefficient (Wildman–Crippen LogP) is 0.810. The molecule has 1 atom stereocenters. The highest BCUT2D eigenvalue weighted by Crippen LogP contribution is 2.32. The Kier molecular flexibility index (Phi) is 4.64. The number of nitrogens with zero attached hydrogens (tertiary/aromatic N) is 2. The molecule has 106 valence electrons. The molecule has 0 spiro atoms. The molecular weight excluding hydrogens is 252 g/mol. The zero-order chi connectivity index (χ0) is 13.2. The van der Waals surface area contributed by atoms with Crippen molar-refractivity contribution in [2.45, 2.75) is 45.1 Å². The fraction of sp³-hybridized carbons (Fsp3) is 1.00.